The van der Waals surface area contributed by atoms with Crippen LogP contribution in [0, 0.1) is 5.82 Å². The second kappa shape index (κ2) is 19.0. The fourth-order valence-electron chi connectivity index (χ4n) is 4.21. The van der Waals surface area contributed by atoms with Crippen LogP contribution in [0.1, 0.15) is 36.5 Å². The Balaban J connectivity index is 0.00000121. The van der Waals surface area contributed by atoms with Crippen molar-refractivity contribution in [1.82, 2.24) is 4.90 Å². The number of anilines is 2. The number of ether oxygens (including phenoxy) is 2. The van der Waals surface area contributed by atoms with Gasteiger partial charge in [-0.25, -0.2) is 9.18 Å². The summed E-state index contributed by atoms with van der Waals surface area (Å²) in [6.07, 6.45) is 4.61. The van der Waals surface area contributed by atoms with E-state index in [1.165, 1.54) is 49.1 Å². The van der Waals surface area contributed by atoms with Crippen molar-refractivity contribution in [2.24, 2.45) is 0 Å². The first-order valence-electron chi connectivity index (χ1n) is 13.4. The highest BCUT2D eigenvalue weighted by Crippen LogP contribution is 2.34. The number of carbonyl (C=O) groups excluding carboxylic acids is 3. The SMILES string of the molecule is C=CC.CCl.COc1cc(NC(=O)CCN2CCC(OC(=O)Nc3ccsc3-c3cccc(F)c3)CC2)c(Cl)cc1C=O. The third-order valence-electron chi connectivity index (χ3n) is 6.17. The highest BCUT2D eigenvalue weighted by atomic mass is 35.5. The highest BCUT2D eigenvalue weighted by molar-refractivity contribution is 7.14. The first-order chi connectivity index (χ1) is 20.8. The molecule has 0 unspecified atom stereocenters. The fraction of sp³-hybridized carbons (Fsp3) is 0.323. The summed E-state index contributed by atoms with van der Waals surface area (Å²) in [7, 11) is 1.44. The summed E-state index contributed by atoms with van der Waals surface area (Å²) in [4.78, 5) is 39.0. The minimum atomic E-state index is -0.549. The summed E-state index contributed by atoms with van der Waals surface area (Å²) in [6.45, 7) is 7.15. The number of carbonyl (C=O) groups is 3. The molecule has 3 aromatic rings. The van der Waals surface area contributed by atoms with E-state index in [9.17, 15) is 18.8 Å². The molecular formula is C31H36Cl2FN3O5S. The molecule has 12 heteroatoms. The van der Waals surface area contributed by atoms with Gasteiger partial charge in [0.05, 0.1) is 33.9 Å². The third-order valence-corrected chi connectivity index (χ3v) is 7.45. The Morgan fingerprint density at radius 1 is 1.14 bits per heavy atom. The molecule has 232 valence electrons. The van der Waals surface area contributed by atoms with E-state index in [-0.39, 0.29) is 29.3 Å². The zero-order valence-corrected chi connectivity index (χ0v) is 26.7. The average molecular weight is 653 g/mol. The van der Waals surface area contributed by atoms with E-state index in [0.717, 1.165) is 4.88 Å². The van der Waals surface area contributed by atoms with E-state index in [4.69, 9.17) is 21.1 Å². The van der Waals surface area contributed by atoms with Gasteiger partial charge in [0.25, 0.3) is 0 Å². The molecule has 0 aliphatic carbocycles. The lowest BCUT2D eigenvalue weighted by Crippen LogP contribution is -2.39. The molecule has 0 saturated carbocycles. The van der Waals surface area contributed by atoms with Gasteiger partial charge in [0.15, 0.2) is 6.29 Å². The van der Waals surface area contributed by atoms with E-state index < -0.39 is 6.09 Å². The maximum absolute atomic E-state index is 13.6. The maximum Gasteiger partial charge on any atom is 0.411 e. The second-order valence-corrected chi connectivity index (χ2v) is 10.5. The number of alkyl halides is 1. The molecule has 8 nitrogen and oxygen atoms in total. The van der Waals surface area contributed by atoms with Gasteiger partial charge in [0, 0.05) is 38.5 Å². The number of amides is 2. The average Bonchev–Trinajstić information content (AvgIpc) is 3.47. The number of allylic oxidation sites excluding steroid dienone is 1. The van der Waals surface area contributed by atoms with Crippen molar-refractivity contribution in [3.8, 4) is 16.2 Å². The van der Waals surface area contributed by atoms with Crippen LogP contribution >= 0.6 is 34.5 Å². The van der Waals surface area contributed by atoms with Crippen molar-refractivity contribution in [3.05, 3.63) is 76.9 Å². The van der Waals surface area contributed by atoms with Crippen molar-refractivity contribution < 1.29 is 28.2 Å². The molecule has 43 heavy (non-hydrogen) atoms. The summed E-state index contributed by atoms with van der Waals surface area (Å²) >= 11 is 12.2. The predicted octanol–water partition coefficient (Wildman–Crippen LogP) is 8.12. The number of halogens is 3. The van der Waals surface area contributed by atoms with Crippen LogP contribution in [0.25, 0.3) is 10.4 Å². The fourth-order valence-corrected chi connectivity index (χ4v) is 5.28. The lowest BCUT2D eigenvalue weighted by Gasteiger charge is -2.31. The van der Waals surface area contributed by atoms with Gasteiger partial charge in [-0.05, 0) is 55.0 Å². The van der Waals surface area contributed by atoms with E-state index in [1.54, 1.807) is 24.3 Å². The van der Waals surface area contributed by atoms with Gasteiger partial charge < -0.3 is 19.7 Å². The van der Waals surface area contributed by atoms with Gasteiger partial charge in [-0.3, -0.25) is 14.9 Å². The van der Waals surface area contributed by atoms with Gasteiger partial charge in [-0.1, -0.05) is 29.8 Å². The number of methoxy groups -OCH3 is 1. The number of nitrogens with one attached hydrogen (secondary N) is 2. The molecule has 0 spiro atoms. The molecule has 4 rings (SSSR count). The van der Waals surface area contributed by atoms with Crippen molar-refractivity contribution in [2.75, 3.05) is 43.8 Å². The molecule has 0 bridgehead atoms. The monoisotopic (exact) mass is 651 g/mol. The second-order valence-electron chi connectivity index (χ2n) is 9.14. The largest absolute Gasteiger partial charge is 0.496 e. The molecule has 2 aromatic carbocycles. The zero-order chi connectivity index (χ0) is 31.8. The standard InChI is InChI=1S/C27H27ClFN3O5S.C3H6.CH3Cl/c1-36-24-15-23(21(28)14-18(24)16-33)30-25(34)7-11-32-9-5-20(6-10-32)37-27(35)31-22-8-12-38-26(22)17-3-2-4-19(29)13-17;1-3-2;1-2/h2-4,8,12-16,20H,5-7,9-11H2,1H3,(H,30,34)(H,31,35);3H,1H2,2H3;1H3. The number of hydrogen-bond acceptors (Lipinski definition) is 7. The van der Waals surface area contributed by atoms with E-state index in [0.29, 0.717) is 67.0 Å². The smallest absolute Gasteiger partial charge is 0.411 e. The first-order valence-corrected chi connectivity index (χ1v) is 15.4. The lowest BCUT2D eigenvalue weighted by molar-refractivity contribution is -0.116. The Bertz CT molecular complexity index is 1360. The maximum atomic E-state index is 13.6. The number of hydrogen-bond donors (Lipinski definition) is 2. The molecule has 2 N–H and O–H groups in total. The summed E-state index contributed by atoms with van der Waals surface area (Å²) in [5, 5.41) is 7.61. The van der Waals surface area contributed by atoms with Gasteiger partial charge in [-0.2, -0.15) is 0 Å². The van der Waals surface area contributed by atoms with Crippen LogP contribution in [0.3, 0.4) is 0 Å². The van der Waals surface area contributed by atoms with Crippen LogP contribution in [-0.4, -0.2) is 62.4 Å². The van der Waals surface area contributed by atoms with Crippen LogP contribution in [0.2, 0.25) is 5.02 Å². The Hall–Kier alpha value is -3.44. The number of benzene rings is 2. The van der Waals surface area contributed by atoms with Crippen molar-refractivity contribution in [3.63, 3.8) is 0 Å². The molecule has 2 heterocycles. The summed E-state index contributed by atoms with van der Waals surface area (Å²) in [5.41, 5.74) is 1.94. The van der Waals surface area contributed by atoms with E-state index in [1.807, 2.05) is 12.3 Å². The van der Waals surface area contributed by atoms with Crippen LogP contribution in [0.4, 0.5) is 20.6 Å². The molecule has 1 aliphatic rings. The molecule has 1 saturated heterocycles. The Kier molecular flexibility index (Phi) is 15.8. The Morgan fingerprint density at radius 3 is 2.47 bits per heavy atom. The Morgan fingerprint density at radius 2 is 1.84 bits per heavy atom. The number of nitrogens with zero attached hydrogens (tertiary/aromatic N) is 1. The summed E-state index contributed by atoms with van der Waals surface area (Å²) in [5.74, 6) is -0.226. The number of rotatable bonds is 9. The van der Waals surface area contributed by atoms with Gasteiger partial charge in [0.2, 0.25) is 5.91 Å². The molecule has 0 atom stereocenters. The van der Waals surface area contributed by atoms with Crippen LogP contribution in [0.15, 0.2) is 60.5 Å². The minimum absolute atomic E-state index is 0.213. The van der Waals surface area contributed by atoms with Crippen LogP contribution < -0.4 is 15.4 Å². The normalized spacial score (nSPS) is 12.9. The summed E-state index contributed by atoms with van der Waals surface area (Å²) < 4.78 is 24.4. The van der Waals surface area contributed by atoms with Gasteiger partial charge in [0.1, 0.15) is 17.7 Å². The lowest BCUT2D eigenvalue weighted by atomic mass is 10.1. The van der Waals surface area contributed by atoms with Gasteiger partial charge in [-0.15, -0.1) is 29.5 Å². The minimum Gasteiger partial charge on any atom is -0.496 e. The molecule has 1 fully saturated rings. The quantitative estimate of drug-likeness (QED) is 0.138. The first kappa shape index (κ1) is 35.8. The molecule has 0 radical (unpaired) electrons. The van der Waals surface area contributed by atoms with Gasteiger partial charge >= 0.3 is 6.09 Å². The number of piperidine rings is 1. The van der Waals surface area contributed by atoms with Crippen LogP contribution in [0.5, 0.6) is 5.75 Å². The number of likely N-dealkylation sites (tertiary alicyclic amines) is 1. The van der Waals surface area contributed by atoms with Crippen molar-refractivity contribution in [2.45, 2.75) is 32.3 Å². The van der Waals surface area contributed by atoms with Crippen molar-refractivity contribution in [1.29, 1.82) is 0 Å². The number of aldehydes is 1. The molecule has 1 aromatic heterocycles. The number of thiophene rings is 1. The van der Waals surface area contributed by atoms with Crippen LogP contribution in [-0.2, 0) is 9.53 Å². The highest BCUT2D eigenvalue weighted by Gasteiger charge is 2.23. The van der Waals surface area contributed by atoms with E-state index in [2.05, 4.69) is 33.7 Å². The zero-order valence-electron chi connectivity index (χ0n) is 24.3. The third kappa shape index (κ3) is 11.3. The van der Waals surface area contributed by atoms with E-state index >= 15 is 0 Å². The topological polar surface area (TPSA) is 97.0 Å². The summed E-state index contributed by atoms with van der Waals surface area (Å²) in [6, 6.07) is 10.9. The molecule has 2 amide bonds. The Labute approximate surface area is 265 Å². The van der Waals surface area contributed by atoms with Crippen molar-refractivity contribution >= 4 is 64.2 Å². The predicted molar refractivity (Wildman–Crippen MR) is 174 cm³/mol. The molecular weight excluding hydrogens is 616 g/mol. The molecule has 1 aliphatic heterocycles.